The van der Waals surface area contributed by atoms with Crippen molar-refractivity contribution in [2.24, 2.45) is 10.9 Å². The second kappa shape index (κ2) is 11.6. The first kappa shape index (κ1) is 21.2. The van der Waals surface area contributed by atoms with Gasteiger partial charge in [-0.3, -0.25) is 9.79 Å². The van der Waals surface area contributed by atoms with E-state index in [0.29, 0.717) is 0 Å². The standard InChI is InChI=1S/C21H34N4O2/c1-4-22-21(25-15-11-19(12-16-25)20(26)27-3)23-13-8-14-24(2)17-18-9-6-5-7-10-18/h5-7,9-10,19H,4,8,11-17H2,1-3H3,(H,22,23). The van der Waals surface area contributed by atoms with Gasteiger partial charge in [-0.1, -0.05) is 30.3 Å². The number of ether oxygens (including phenoxy) is 1. The molecule has 1 N–H and O–H groups in total. The van der Waals surface area contributed by atoms with Crippen LogP contribution in [0.3, 0.4) is 0 Å². The van der Waals surface area contributed by atoms with Crippen LogP contribution in [-0.2, 0) is 16.1 Å². The Balaban J connectivity index is 1.75. The van der Waals surface area contributed by atoms with Gasteiger partial charge in [0, 0.05) is 32.7 Å². The second-order valence-corrected chi connectivity index (χ2v) is 7.10. The quantitative estimate of drug-likeness (QED) is 0.328. The third-order valence-electron chi connectivity index (χ3n) is 4.92. The zero-order valence-corrected chi connectivity index (χ0v) is 17.0. The van der Waals surface area contributed by atoms with Crippen molar-refractivity contribution in [1.82, 2.24) is 15.1 Å². The summed E-state index contributed by atoms with van der Waals surface area (Å²) < 4.78 is 4.87. The molecule has 1 fully saturated rings. The maximum Gasteiger partial charge on any atom is 0.308 e. The molecule has 1 aromatic carbocycles. The molecule has 0 saturated carbocycles. The number of rotatable bonds is 8. The van der Waals surface area contributed by atoms with Gasteiger partial charge < -0.3 is 19.9 Å². The SMILES string of the molecule is CCNC(=NCCCN(C)Cc1ccccc1)N1CCC(C(=O)OC)CC1. The first-order chi connectivity index (χ1) is 13.1. The van der Waals surface area contributed by atoms with Crippen LogP contribution in [0.4, 0.5) is 0 Å². The Kier molecular flexibility index (Phi) is 9.11. The van der Waals surface area contributed by atoms with E-state index in [1.165, 1.54) is 12.7 Å². The number of methoxy groups -OCH3 is 1. The summed E-state index contributed by atoms with van der Waals surface area (Å²) in [6.07, 6.45) is 2.69. The van der Waals surface area contributed by atoms with E-state index in [2.05, 4.69) is 59.4 Å². The summed E-state index contributed by atoms with van der Waals surface area (Å²) in [6.45, 7) is 7.42. The lowest BCUT2D eigenvalue weighted by Gasteiger charge is -2.33. The van der Waals surface area contributed by atoms with Gasteiger partial charge in [0.25, 0.3) is 0 Å². The molecule has 6 heteroatoms. The second-order valence-electron chi connectivity index (χ2n) is 7.10. The highest BCUT2D eigenvalue weighted by Gasteiger charge is 2.26. The van der Waals surface area contributed by atoms with Crippen molar-refractivity contribution < 1.29 is 9.53 Å². The molecule has 1 aliphatic heterocycles. The average molecular weight is 375 g/mol. The van der Waals surface area contributed by atoms with Gasteiger partial charge in [-0.15, -0.1) is 0 Å². The van der Waals surface area contributed by atoms with Crippen molar-refractivity contribution in [2.75, 3.05) is 46.9 Å². The van der Waals surface area contributed by atoms with Crippen LogP contribution in [0.1, 0.15) is 31.7 Å². The zero-order chi connectivity index (χ0) is 19.5. The molecule has 150 valence electrons. The Bertz CT molecular complexity index is 583. The van der Waals surface area contributed by atoms with Gasteiger partial charge >= 0.3 is 5.97 Å². The van der Waals surface area contributed by atoms with Crippen LogP contribution in [-0.4, -0.2) is 68.6 Å². The van der Waals surface area contributed by atoms with Gasteiger partial charge in [0.15, 0.2) is 5.96 Å². The average Bonchev–Trinajstić information content (AvgIpc) is 2.70. The molecule has 0 radical (unpaired) electrons. The summed E-state index contributed by atoms with van der Waals surface area (Å²) in [6, 6.07) is 10.5. The van der Waals surface area contributed by atoms with Crippen molar-refractivity contribution in [2.45, 2.75) is 32.7 Å². The highest BCUT2D eigenvalue weighted by molar-refractivity contribution is 5.80. The summed E-state index contributed by atoms with van der Waals surface area (Å²) in [4.78, 5) is 21.1. The fourth-order valence-corrected chi connectivity index (χ4v) is 3.42. The number of hydrogen-bond donors (Lipinski definition) is 1. The van der Waals surface area contributed by atoms with Crippen LogP contribution >= 0.6 is 0 Å². The third-order valence-corrected chi connectivity index (χ3v) is 4.92. The van der Waals surface area contributed by atoms with E-state index in [1.807, 2.05) is 0 Å². The number of nitrogens with one attached hydrogen (secondary N) is 1. The van der Waals surface area contributed by atoms with Crippen molar-refractivity contribution >= 4 is 11.9 Å². The van der Waals surface area contributed by atoms with E-state index in [-0.39, 0.29) is 11.9 Å². The number of aliphatic imine (C=N–C) groups is 1. The van der Waals surface area contributed by atoms with E-state index in [4.69, 9.17) is 9.73 Å². The molecule has 0 aliphatic carbocycles. The molecule has 0 amide bonds. The highest BCUT2D eigenvalue weighted by Crippen LogP contribution is 2.18. The lowest BCUT2D eigenvalue weighted by atomic mass is 9.97. The minimum absolute atomic E-state index is 0.0285. The molecule has 1 heterocycles. The van der Waals surface area contributed by atoms with Crippen LogP contribution < -0.4 is 5.32 Å². The van der Waals surface area contributed by atoms with E-state index < -0.39 is 0 Å². The first-order valence-electron chi connectivity index (χ1n) is 9.97. The van der Waals surface area contributed by atoms with Crippen molar-refractivity contribution in [3.8, 4) is 0 Å². The molecule has 0 atom stereocenters. The number of carbonyl (C=O) groups excluding carboxylic acids is 1. The predicted octanol–water partition coefficient (Wildman–Crippen LogP) is 2.36. The largest absolute Gasteiger partial charge is 0.469 e. The fraction of sp³-hybridized carbons (Fsp3) is 0.619. The zero-order valence-electron chi connectivity index (χ0n) is 17.0. The van der Waals surface area contributed by atoms with E-state index in [1.54, 1.807) is 0 Å². The van der Waals surface area contributed by atoms with Crippen molar-refractivity contribution in [3.05, 3.63) is 35.9 Å². The molecule has 0 unspecified atom stereocenters. The molecular formula is C21H34N4O2. The molecule has 1 saturated heterocycles. The van der Waals surface area contributed by atoms with Gasteiger partial charge in [-0.05, 0) is 45.3 Å². The predicted molar refractivity (Wildman–Crippen MR) is 110 cm³/mol. The maximum atomic E-state index is 11.7. The van der Waals surface area contributed by atoms with E-state index in [9.17, 15) is 4.79 Å². The summed E-state index contributed by atoms with van der Waals surface area (Å²) in [7, 11) is 3.62. The summed E-state index contributed by atoms with van der Waals surface area (Å²) in [5.41, 5.74) is 1.34. The van der Waals surface area contributed by atoms with Crippen molar-refractivity contribution in [3.63, 3.8) is 0 Å². The van der Waals surface area contributed by atoms with Crippen LogP contribution in [0, 0.1) is 5.92 Å². The highest BCUT2D eigenvalue weighted by atomic mass is 16.5. The Morgan fingerprint density at radius 3 is 2.63 bits per heavy atom. The number of likely N-dealkylation sites (tertiary alicyclic amines) is 1. The minimum Gasteiger partial charge on any atom is -0.469 e. The topological polar surface area (TPSA) is 57.2 Å². The number of guanidine groups is 1. The van der Waals surface area contributed by atoms with Crippen LogP contribution in [0.25, 0.3) is 0 Å². The summed E-state index contributed by atoms with van der Waals surface area (Å²) in [5, 5.41) is 3.38. The van der Waals surface area contributed by atoms with Crippen molar-refractivity contribution in [1.29, 1.82) is 0 Å². The summed E-state index contributed by atoms with van der Waals surface area (Å²) >= 11 is 0. The Hall–Kier alpha value is -2.08. The monoisotopic (exact) mass is 374 g/mol. The molecule has 0 bridgehead atoms. The molecule has 27 heavy (non-hydrogen) atoms. The number of hydrogen-bond acceptors (Lipinski definition) is 4. The molecule has 1 aromatic rings. The normalized spacial score (nSPS) is 15.9. The lowest BCUT2D eigenvalue weighted by Crippen LogP contribution is -2.46. The van der Waals surface area contributed by atoms with Gasteiger partial charge in [0.2, 0.25) is 0 Å². The number of carbonyl (C=O) groups is 1. The van der Waals surface area contributed by atoms with E-state index >= 15 is 0 Å². The van der Waals surface area contributed by atoms with Gasteiger partial charge in [-0.25, -0.2) is 0 Å². The Labute approximate surface area is 163 Å². The Morgan fingerprint density at radius 2 is 2.00 bits per heavy atom. The number of benzene rings is 1. The van der Waals surface area contributed by atoms with Crippen LogP contribution in [0.2, 0.25) is 0 Å². The van der Waals surface area contributed by atoms with Gasteiger partial charge in [0.05, 0.1) is 13.0 Å². The van der Waals surface area contributed by atoms with Gasteiger partial charge in [-0.2, -0.15) is 0 Å². The molecule has 6 nitrogen and oxygen atoms in total. The fourth-order valence-electron chi connectivity index (χ4n) is 3.42. The maximum absolute atomic E-state index is 11.7. The van der Waals surface area contributed by atoms with Crippen LogP contribution in [0.5, 0.6) is 0 Å². The van der Waals surface area contributed by atoms with Crippen LogP contribution in [0.15, 0.2) is 35.3 Å². The molecule has 0 spiro atoms. The molecule has 2 rings (SSSR count). The number of esters is 1. The number of piperidine rings is 1. The van der Waals surface area contributed by atoms with Gasteiger partial charge in [0.1, 0.15) is 0 Å². The minimum atomic E-state index is -0.0851. The first-order valence-corrected chi connectivity index (χ1v) is 9.97. The summed E-state index contributed by atoms with van der Waals surface area (Å²) in [5.74, 6) is 0.908. The smallest absolute Gasteiger partial charge is 0.308 e. The number of nitrogens with zero attached hydrogens (tertiary/aromatic N) is 3. The molecular weight excluding hydrogens is 340 g/mol. The molecule has 0 aromatic heterocycles. The lowest BCUT2D eigenvalue weighted by molar-refractivity contribution is -0.146. The Morgan fingerprint density at radius 1 is 1.30 bits per heavy atom. The third kappa shape index (κ3) is 7.21. The molecule has 1 aliphatic rings. The van der Waals surface area contributed by atoms with E-state index in [0.717, 1.165) is 64.5 Å².